The lowest BCUT2D eigenvalue weighted by atomic mass is 9.90. The van der Waals surface area contributed by atoms with Crippen LogP contribution in [0.3, 0.4) is 0 Å². The van der Waals surface area contributed by atoms with Gasteiger partial charge in [0.05, 0.1) is 11.9 Å². The molecule has 3 heteroatoms. The van der Waals surface area contributed by atoms with E-state index in [0.717, 1.165) is 25.4 Å². The second kappa shape index (κ2) is 6.44. The number of nitrogens with zero attached hydrogens (tertiary/aromatic N) is 2. The third-order valence-corrected chi connectivity index (χ3v) is 4.46. The Morgan fingerprint density at radius 2 is 1.90 bits per heavy atom. The van der Waals surface area contributed by atoms with E-state index in [-0.39, 0.29) is 0 Å². The molecule has 2 aromatic rings. The van der Waals surface area contributed by atoms with Gasteiger partial charge in [-0.15, -0.1) is 0 Å². The van der Waals surface area contributed by atoms with Gasteiger partial charge in [-0.3, -0.25) is 0 Å². The summed E-state index contributed by atoms with van der Waals surface area (Å²) in [6.07, 6.45) is 5.76. The first-order valence-electron chi connectivity index (χ1n) is 8.08. The molecule has 1 N–H and O–H groups in total. The minimum Gasteiger partial charge on any atom is -0.317 e. The maximum Gasteiger partial charge on any atom is 0.0648 e. The molecular formula is C18H25N3. The average Bonchev–Trinajstić information content (AvgIpc) is 2.93. The van der Waals surface area contributed by atoms with Gasteiger partial charge in [-0.05, 0) is 61.9 Å². The second-order valence-corrected chi connectivity index (χ2v) is 6.35. The van der Waals surface area contributed by atoms with E-state index < -0.39 is 0 Å². The third kappa shape index (κ3) is 3.18. The molecule has 1 aromatic heterocycles. The van der Waals surface area contributed by atoms with Crippen molar-refractivity contribution >= 4 is 0 Å². The molecule has 1 aliphatic rings. The normalized spacial score (nSPS) is 16.5. The second-order valence-electron chi connectivity index (χ2n) is 6.35. The van der Waals surface area contributed by atoms with Gasteiger partial charge in [0, 0.05) is 5.69 Å². The Labute approximate surface area is 127 Å². The molecule has 0 radical (unpaired) electrons. The summed E-state index contributed by atoms with van der Waals surface area (Å²) in [6.45, 7) is 6.83. The first-order valence-corrected chi connectivity index (χ1v) is 8.08. The van der Waals surface area contributed by atoms with Crippen molar-refractivity contribution in [1.82, 2.24) is 15.1 Å². The van der Waals surface area contributed by atoms with Gasteiger partial charge in [0.25, 0.3) is 0 Å². The van der Waals surface area contributed by atoms with Crippen LogP contribution in [-0.4, -0.2) is 22.9 Å². The van der Waals surface area contributed by atoms with Gasteiger partial charge in [0.15, 0.2) is 0 Å². The summed E-state index contributed by atoms with van der Waals surface area (Å²) in [5.74, 6) is 1.31. The molecule has 1 aliphatic heterocycles. The standard InChI is InChI=1S/C18H25N3/c1-14(2)17-13-20-21(16-6-4-3-5-7-16)18(17)12-15-8-10-19-11-9-15/h3-7,13-15,19H,8-12H2,1-2H3. The summed E-state index contributed by atoms with van der Waals surface area (Å²) in [5, 5.41) is 8.13. The van der Waals surface area contributed by atoms with Crippen molar-refractivity contribution in [2.75, 3.05) is 13.1 Å². The smallest absolute Gasteiger partial charge is 0.0648 e. The van der Waals surface area contributed by atoms with E-state index in [2.05, 4.69) is 65.5 Å². The van der Waals surface area contributed by atoms with Gasteiger partial charge in [-0.2, -0.15) is 5.10 Å². The highest BCUT2D eigenvalue weighted by molar-refractivity contribution is 5.36. The van der Waals surface area contributed by atoms with Gasteiger partial charge in [-0.1, -0.05) is 32.0 Å². The summed E-state index contributed by atoms with van der Waals surface area (Å²) >= 11 is 0. The lowest BCUT2D eigenvalue weighted by molar-refractivity contribution is 0.367. The molecular weight excluding hydrogens is 258 g/mol. The van der Waals surface area contributed by atoms with Crippen LogP contribution < -0.4 is 5.32 Å². The van der Waals surface area contributed by atoms with Crippen LogP contribution in [0.15, 0.2) is 36.5 Å². The van der Waals surface area contributed by atoms with Gasteiger partial charge in [-0.25, -0.2) is 4.68 Å². The number of hydrogen-bond donors (Lipinski definition) is 1. The van der Waals surface area contributed by atoms with E-state index >= 15 is 0 Å². The zero-order valence-electron chi connectivity index (χ0n) is 13.0. The molecule has 0 spiro atoms. The fraction of sp³-hybridized carbons (Fsp3) is 0.500. The zero-order valence-corrected chi connectivity index (χ0v) is 13.0. The average molecular weight is 283 g/mol. The molecule has 0 atom stereocenters. The maximum atomic E-state index is 4.67. The lowest BCUT2D eigenvalue weighted by Gasteiger charge is -2.24. The molecule has 3 nitrogen and oxygen atoms in total. The fourth-order valence-corrected chi connectivity index (χ4v) is 3.22. The predicted molar refractivity (Wildman–Crippen MR) is 87.0 cm³/mol. The maximum absolute atomic E-state index is 4.67. The Morgan fingerprint density at radius 1 is 1.19 bits per heavy atom. The van der Waals surface area contributed by atoms with Crippen LogP contribution in [-0.2, 0) is 6.42 Å². The predicted octanol–water partition coefficient (Wildman–Crippen LogP) is 3.54. The van der Waals surface area contributed by atoms with E-state index in [9.17, 15) is 0 Å². The Kier molecular flexibility index (Phi) is 4.39. The van der Waals surface area contributed by atoms with Crippen molar-refractivity contribution in [3.8, 4) is 5.69 Å². The molecule has 0 unspecified atom stereocenters. The highest BCUT2D eigenvalue weighted by Crippen LogP contribution is 2.27. The third-order valence-electron chi connectivity index (χ3n) is 4.46. The van der Waals surface area contributed by atoms with Crippen LogP contribution in [0.2, 0.25) is 0 Å². The Hall–Kier alpha value is -1.61. The van der Waals surface area contributed by atoms with Crippen LogP contribution in [0, 0.1) is 5.92 Å². The zero-order chi connectivity index (χ0) is 14.7. The molecule has 1 aromatic carbocycles. The molecule has 3 rings (SSSR count). The Bertz CT molecular complexity index is 565. The number of rotatable bonds is 4. The number of nitrogens with one attached hydrogen (secondary N) is 1. The van der Waals surface area contributed by atoms with Crippen molar-refractivity contribution < 1.29 is 0 Å². The molecule has 1 fully saturated rings. The van der Waals surface area contributed by atoms with Crippen molar-refractivity contribution in [2.24, 2.45) is 5.92 Å². The minimum atomic E-state index is 0.527. The van der Waals surface area contributed by atoms with Crippen LogP contribution in [0.4, 0.5) is 0 Å². The first kappa shape index (κ1) is 14.3. The Morgan fingerprint density at radius 3 is 2.57 bits per heavy atom. The number of hydrogen-bond acceptors (Lipinski definition) is 2. The fourth-order valence-electron chi connectivity index (χ4n) is 3.22. The van der Waals surface area contributed by atoms with Gasteiger partial charge in [0.2, 0.25) is 0 Å². The number of aromatic nitrogens is 2. The number of benzene rings is 1. The number of para-hydroxylation sites is 1. The molecule has 21 heavy (non-hydrogen) atoms. The summed E-state index contributed by atoms with van der Waals surface area (Å²) in [7, 11) is 0. The lowest BCUT2D eigenvalue weighted by Crippen LogP contribution is -2.29. The summed E-state index contributed by atoms with van der Waals surface area (Å²) in [4.78, 5) is 0. The van der Waals surface area contributed by atoms with Crippen molar-refractivity contribution in [3.63, 3.8) is 0 Å². The van der Waals surface area contributed by atoms with Crippen LogP contribution in [0.1, 0.15) is 43.9 Å². The first-order chi connectivity index (χ1) is 10.3. The summed E-state index contributed by atoms with van der Waals surface area (Å²) < 4.78 is 2.15. The van der Waals surface area contributed by atoms with Gasteiger partial charge < -0.3 is 5.32 Å². The highest BCUT2D eigenvalue weighted by atomic mass is 15.3. The highest BCUT2D eigenvalue weighted by Gasteiger charge is 2.20. The SMILES string of the molecule is CC(C)c1cnn(-c2ccccc2)c1CC1CCNCC1. The quantitative estimate of drug-likeness (QED) is 0.930. The van der Waals surface area contributed by atoms with Gasteiger partial charge >= 0.3 is 0 Å². The minimum absolute atomic E-state index is 0.527. The topological polar surface area (TPSA) is 29.9 Å². The summed E-state index contributed by atoms with van der Waals surface area (Å²) in [5.41, 5.74) is 3.98. The van der Waals surface area contributed by atoms with E-state index in [1.165, 1.54) is 29.8 Å². The van der Waals surface area contributed by atoms with Crippen molar-refractivity contribution in [1.29, 1.82) is 0 Å². The molecule has 0 saturated carbocycles. The Balaban J connectivity index is 1.93. The van der Waals surface area contributed by atoms with Crippen molar-refractivity contribution in [2.45, 2.75) is 39.0 Å². The molecule has 2 heterocycles. The van der Waals surface area contributed by atoms with Crippen molar-refractivity contribution in [3.05, 3.63) is 47.8 Å². The van der Waals surface area contributed by atoms with E-state index in [4.69, 9.17) is 0 Å². The molecule has 0 amide bonds. The summed E-state index contributed by atoms with van der Waals surface area (Å²) in [6, 6.07) is 10.5. The van der Waals surface area contributed by atoms with E-state index in [1.54, 1.807) is 0 Å². The number of piperidine rings is 1. The molecule has 0 bridgehead atoms. The van der Waals surface area contributed by atoms with Crippen LogP contribution in [0.25, 0.3) is 5.69 Å². The molecule has 1 saturated heterocycles. The van der Waals surface area contributed by atoms with E-state index in [1.807, 2.05) is 0 Å². The largest absolute Gasteiger partial charge is 0.317 e. The van der Waals surface area contributed by atoms with Crippen LogP contribution in [0.5, 0.6) is 0 Å². The molecule has 112 valence electrons. The van der Waals surface area contributed by atoms with Crippen LogP contribution >= 0.6 is 0 Å². The van der Waals surface area contributed by atoms with Gasteiger partial charge in [0.1, 0.15) is 0 Å². The monoisotopic (exact) mass is 283 g/mol. The van der Waals surface area contributed by atoms with E-state index in [0.29, 0.717) is 5.92 Å². The molecule has 0 aliphatic carbocycles.